The van der Waals surface area contributed by atoms with Gasteiger partial charge in [0.25, 0.3) is 0 Å². The Labute approximate surface area is 124 Å². The van der Waals surface area contributed by atoms with Crippen LogP contribution in [-0.2, 0) is 9.47 Å². The molecule has 0 aromatic carbocycles. The lowest BCUT2D eigenvalue weighted by atomic mass is 9.64. The van der Waals surface area contributed by atoms with Gasteiger partial charge in [-0.15, -0.1) is 0 Å². The van der Waals surface area contributed by atoms with Gasteiger partial charge in [0.2, 0.25) is 0 Å². The Bertz CT molecular complexity index is 297. The molecule has 1 heterocycles. The first-order valence-corrected chi connectivity index (χ1v) is 8.36. The van der Waals surface area contributed by atoms with Crippen LogP contribution in [0.2, 0.25) is 0 Å². The van der Waals surface area contributed by atoms with Crippen LogP contribution in [0.1, 0.15) is 53.9 Å². The van der Waals surface area contributed by atoms with Crippen LogP contribution in [-0.4, -0.2) is 38.0 Å². The Balaban J connectivity index is 1.76. The number of ether oxygens (including phenoxy) is 2. The molecule has 0 spiro atoms. The van der Waals surface area contributed by atoms with Gasteiger partial charge in [0.1, 0.15) is 0 Å². The fraction of sp³-hybridized carbons (Fsp3) is 1.00. The largest absolute Gasteiger partial charge is 0.381 e. The molecule has 0 amide bonds. The van der Waals surface area contributed by atoms with Crippen molar-refractivity contribution in [2.45, 2.75) is 72.1 Å². The van der Waals surface area contributed by atoms with E-state index >= 15 is 0 Å². The molecule has 1 N–H and O–H groups in total. The molecule has 0 aromatic heterocycles. The van der Waals surface area contributed by atoms with Gasteiger partial charge >= 0.3 is 0 Å². The van der Waals surface area contributed by atoms with Crippen molar-refractivity contribution < 1.29 is 9.47 Å². The van der Waals surface area contributed by atoms with Crippen LogP contribution in [0.15, 0.2) is 0 Å². The summed E-state index contributed by atoms with van der Waals surface area (Å²) < 4.78 is 11.5. The summed E-state index contributed by atoms with van der Waals surface area (Å²) in [6.07, 6.45) is 3.99. The van der Waals surface area contributed by atoms with Gasteiger partial charge in [-0.1, -0.05) is 27.7 Å². The van der Waals surface area contributed by atoms with E-state index in [0.717, 1.165) is 32.2 Å². The first-order chi connectivity index (χ1) is 9.41. The van der Waals surface area contributed by atoms with Gasteiger partial charge in [0, 0.05) is 37.3 Å². The summed E-state index contributed by atoms with van der Waals surface area (Å²) in [6.45, 7) is 14.2. The summed E-state index contributed by atoms with van der Waals surface area (Å²) >= 11 is 0. The second kappa shape index (κ2) is 6.76. The van der Waals surface area contributed by atoms with Crippen molar-refractivity contribution in [1.29, 1.82) is 0 Å². The minimum Gasteiger partial charge on any atom is -0.381 e. The highest BCUT2D eigenvalue weighted by Gasteiger charge is 2.49. The SMILES string of the molecule is CC(C)COC1CC(NC(C)C2CCOCC2)C1(C)C. The van der Waals surface area contributed by atoms with Crippen LogP contribution in [0.3, 0.4) is 0 Å². The zero-order valence-corrected chi connectivity index (χ0v) is 13.9. The second-order valence-electron chi connectivity index (χ2n) is 7.73. The molecule has 1 aliphatic carbocycles. The van der Waals surface area contributed by atoms with E-state index in [9.17, 15) is 0 Å². The third kappa shape index (κ3) is 3.75. The molecule has 2 fully saturated rings. The van der Waals surface area contributed by atoms with E-state index in [4.69, 9.17) is 9.47 Å². The third-order valence-corrected chi connectivity index (χ3v) is 5.25. The lowest BCUT2D eigenvalue weighted by Crippen LogP contribution is -2.63. The maximum Gasteiger partial charge on any atom is 0.0656 e. The molecule has 3 atom stereocenters. The molecule has 0 bridgehead atoms. The zero-order chi connectivity index (χ0) is 14.8. The van der Waals surface area contributed by atoms with Gasteiger partial charge in [0.05, 0.1) is 6.10 Å². The maximum absolute atomic E-state index is 6.05. The molecule has 3 unspecified atom stereocenters. The minimum absolute atomic E-state index is 0.258. The maximum atomic E-state index is 6.05. The van der Waals surface area contributed by atoms with Crippen LogP contribution in [0.5, 0.6) is 0 Å². The van der Waals surface area contributed by atoms with Crippen molar-refractivity contribution in [3.63, 3.8) is 0 Å². The topological polar surface area (TPSA) is 30.5 Å². The van der Waals surface area contributed by atoms with Gasteiger partial charge in [-0.05, 0) is 38.0 Å². The highest BCUT2D eigenvalue weighted by Crippen LogP contribution is 2.43. The smallest absolute Gasteiger partial charge is 0.0656 e. The Morgan fingerprint density at radius 1 is 1.20 bits per heavy atom. The summed E-state index contributed by atoms with van der Waals surface area (Å²) in [6, 6.07) is 1.19. The molecular weight excluding hydrogens is 250 g/mol. The average Bonchev–Trinajstić information content (AvgIpc) is 2.42. The van der Waals surface area contributed by atoms with Crippen LogP contribution in [0.4, 0.5) is 0 Å². The third-order valence-electron chi connectivity index (χ3n) is 5.25. The van der Waals surface area contributed by atoms with Crippen molar-refractivity contribution in [3.05, 3.63) is 0 Å². The Hall–Kier alpha value is -0.120. The van der Waals surface area contributed by atoms with Crippen molar-refractivity contribution in [3.8, 4) is 0 Å². The Kier molecular flexibility index (Phi) is 5.49. The average molecular weight is 283 g/mol. The first-order valence-electron chi connectivity index (χ1n) is 8.36. The first kappa shape index (κ1) is 16.3. The van der Waals surface area contributed by atoms with E-state index < -0.39 is 0 Å². The molecule has 1 saturated carbocycles. The number of nitrogens with one attached hydrogen (secondary N) is 1. The van der Waals surface area contributed by atoms with E-state index in [1.165, 1.54) is 12.8 Å². The van der Waals surface area contributed by atoms with Gasteiger partial charge in [0.15, 0.2) is 0 Å². The molecular formula is C17H33NO2. The van der Waals surface area contributed by atoms with Gasteiger partial charge < -0.3 is 14.8 Å². The van der Waals surface area contributed by atoms with Crippen molar-refractivity contribution >= 4 is 0 Å². The molecule has 0 radical (unpaired) electrons. The molecule has 20 heavy (non-hydrogen) atoms. The quantitative estimate of drug-likeness (QED) is 0.812. The predicted molar refractivity (Wildman–Crippen MR) is 82.9 cm³/mol. The van der Waals surface area contributed by atoms with Crippen LogP contribution in [0.25, 0.3) is 0 Å². The lowest BCUT2D eigenvalue weighted by Gasteiger charge is -2.53. The monoisotopic (exact) mass is 283 g/mol. The Morgan fingerprint density at radius 3 is 2.40 bits per heavy atom. The van der Waals surface area contributed by atoms with E-state index in [1.807, 2.05) is 0 Å². The highest BCUT2D eigenvalue weighted by atomic mass is 16.5. The molecule has 0 aromatic rings. The van der Waals surface area contributed by atoms with Crippen LogP contribution >= 0.6 is 0 Å². The minimum atomic E-state index is 0.258. The van der Waals surface area contributed by atoms with Gasteiger partial charge in [-0.3, -0.25) is 0 Å². The van der Waals surface area contributed by atoms with E-state index in [-0.39, 0.29) is 5.41 Å². The predicted octanol–water partition coefficient (Wildman–Crippen LogP) is 3.23. The molecule has 2 rings (SSSR count). The van der Waals surface area contributed by atoms with Gasteiger partial charge in [-0.25, -0.2) is 0 Å². The summed E-state index contributed by atoms with van der Waals surface area (Å²) in [5.41, 5.74) is 0.258. The molecule has 3 nitrogen and oxygen atoms in total. The highest BCUT2D eigenvalue weighted by molar-refractivity contribution is 5.04. The van der Waals surface area contributed by atoms with E-state index in [0.29, 0.717) is 24.1 Å². The number of hydrogen-bond acceptors (Lipinski definition) is 3. The Morgan fingerprint density at radius 2 is 1.85 bits per heavy atom. The molecule has 2 aliphatic rings. The summed E-state index contributed by atoms with van der Waals surface area (Å²) in [5, 5.41) is 3.86. The molecule has 1 aliphatic heterocycles. The van der Waals surface area contributed by atoms with Crippen molar-refractivity contribution in [2.75, 3.05) is 19.8 Å². The fourth-order valence-electron chi connectivity index (χ4n) is 3.43. The molecule has 1 saturated heterocycles. The van der Waals surface area contributed by atoms with Crippen LogP contribution in [0, 0.1) is 17.3 Å². The summed E-state index contributed by atoms with van der Waals surface area (Å²) in [4.78, 5) is 0. The van der Waals surface area contributed by atoms with E-state index in [1.54, 1.807) is 0 Å². The van der Waals surface area contributed by atoms with Gasteiger partial charge in [-0.2, -0.15) is 0 Å². The van der Waals surface area contributed by atoms with E-state index in [2.05, 4.69) is 39.9 Å². The molecule has 3 heteroatoms. The fourth-order valence-corrected chi connectivity index (χ4v) is 3.43. The molecule has 118 valence electrons. The normalized spacial score (nSPS) is 32.1. The van der Waals surface area contributed by atoms with Crippen molar-refractivity contribution in [1.82, 2.24) is 5.32 Å². The summed E-state index contributed by atoms with van der Waals surface area (Å²) in [5.74, 6) is 1.40. The second-order valence-corrected chi connectivity index (χ2v) is 7.73. The lowest BCUT2D eigenvalue weighted by molar-refractivity contribution is -0.127. The number of hydrogen-bond donors (Lipinski definition) is 1. The van der Waals surface area contributed by atoms with Crippen LogP contribution < -0.4 is 5.32 Å². The summed E-state index contributed by atoms with van der Waals surface area (Å²) in [7, 11) is 0. The zero-order valence-electron chi connectivity index (χ0n) is 13.9. The standard InChI is InChI=1S/C17H33NO2/c1-12(2)11-20-16-10-15(17(16,4)5)18-13(3)14-6-8-19-9-7-14/h12-16,18H,6-11H2,1-5H3. The van der Waals surface area contributed by atoms with Crippen molar-refractivity contribution in [2.24, 2.45) is 17.3 Å². The number of rotatable bonds is 6.